The first-order valence-electron chi connectivity index (χ1n) is 11.6. The van der Waals surface area contributed by atoms with E-state index in [9.17, 15) is 19.1 Å². The molecule has 0 bridgehead atoms. The number of halogens is 1. The predicted octanol–water partition coefficient (Wildman–Crippen LogP) is 2.57. The van der Waals surface area contributed by atoms with Gasteiger partial charge in [-0.05, 0) is 63.6 Å². The minimum absolute atomic E-state index is 0.0685. The zero-order chi connectivity index (χ0) is 22.8. The Morgan fingerprint density at radius 1 is 1.31 bits per heavy atom. The number of nitrogens with one attached hydrogen (secondary N) is 2. The summed E-state index contributed by atoms with van der Waals surface area (Å²) >= 11 is 0. The Kier molecular flexibility index (Phi) is 6.81. The van der Waals surface area contributed by atoms with Crippen molar-refractivity contribution in [1.29, 1.82) is 0 Å². The summed E-state index contributed by atoms with van der Waals surface area (Å²) in [6, 6.07) is 5.30. The van der Waals surface area contributed by atoms with Crippen LogP contribution in [0.3, 0.4) is 0 Å². The Bertz CT molecular complexity index is 952. The molecule has 174 valence electrons. The zero-order valence-corrected chi connectivity index (χ0v) is 18.9. The topological polar surface area (TPSA) is 88.7 Å². The molecule has 0 unspecified atom stereocenters. The van der Waals surface area contributed by atoms with E-state index in [0.29, 0.717) is 29.2 Å². The Labute approximate surface area is 188 Å². The highest BCUT2D eigenvalue weighted by Crippen LogP contribution is 2.28. The second kappa shape index (κ2) is 9.58. The molecule has 2 aliphatic rings. The van der Waals surface area contributed by atoms with Crippen molar-refractivity contribution in [2.75, 3.05) is 26.2 Å². The number of aromatic nitrogens is 1. The van der Waals surface area contributed by atoms with E-state index in [2.05, 4.69) is 15.2 Å². The molecule has 2 aromatic rings. The number of aryl methyl sites for hydroxylation is 1. The van der Waals surface area contributed by atoms with Crippen molar-refractivity contribution in [3.05, 3.63) is 35.3 Å². The number of aliphatic hydroxyl groups excluding tert-OH is 1. The molecule has 1 aromatic heterocycles. The normalized spacial score (nSPS) is 24.1. The van der Waals surface area contributed by atoms with Gasteiger partial charge in [0.05, 0.1) is 5.52 Å². The number of fused-ring (bicyclic) bond motifs is 1. The lowest BCUT2D eigenvalue weighted by molar-refractivity contribution is -0.136. The van der Waals surface area contributed by atoms with Gasteiger partial charge in [-0.2, -0.15) is 0 Å². The predicted molar refractivity (Wildman–Crippen MR) is 121 cm³/mol. The van der Waals surface area contributed by atoms with Crippen LogP contribution < -0.4 is 5.32 Å². The molecular weight excluding hydrogens is 411 g/mol. The number of H-pyrrole nitrogens is 1. The molecule has 1 aliphatic carbocycles. The molecule has 3 atom stereocenters. The molecule has 1 aliphatic heterocycles. The van der Waals surface area contributed by atoms with E-state index in [1.165, 1.54) is 6.07 Å². The van der Waals surface area contributed by atoms with Crippen LogP contribution in [0.5, 0.6) is 0 Å². The van der Waals surface area contributed by atoms with Crippen LogP contribution in [-0.2, 0) is 4.79 Å². The number of hydrogen-bond donors (Lipinski definition) is 3. The largest absolute Gasteiger partial charge is 0.387 e. The van der Waals surface area contributed by atoms with Gasteiger partial charge in [0.25, 0.3) is 5.91 Å². The number of aromatic amines is 1. The van der Waals surface area contributed by atoms with Gasteiger partial charge < -0.3 is 20.3 Å². The number of aliphatic hydroxyl groups is 1. The lowest BCUT2D eigenvalue weighted by atomic mass is 9.90. The summed E-state index contributed by atoms with van der Waals surface area (Å²) < 4.78 is 14.1. The van der Waals surface area contributed by atoms with Crippen LogP contribution in [0, 0.1) is 12.7 Å². The van der Waals surface area contributed by atoms with E-state index >= 15 is 0 Å². The number of rotatable bonds is 6. The first kappa shape index (κ1) is 22.7. The van der Waals surface area contributed by atoms with Crippen molar-refractivity contribution in [2.45, 2.75) is 64.1 Å². The fourth-order valence-electron chi connectivity index (χ4n) is 5.42. The van der Waals surface area contributed by atoms with E-state index in [4.69, 9.17) is 0 Å². The van der Waals surface area contributed by atoms with Gasteiger partial charge in [0.1, 0.15) is 18.1 Å². The van der Waals surface area contributed by atoms with Gasteiger partial charge in [-0.15, -0.1) is 0 Å². The van der Waals surface area contributed by atoms with Gasteiger partial charge in [0, 0.05) is 43.1 Å². The van der Waals surface area contributed by atoms with Crippen molar-refractivity contribution in [2.24, 2.45) is 0 Å². The summed E-state index contributed by atoms with van der Waals surface area (Å²) in [6.45, 7) is 5.73. The Hall–Kier alpha value is -2.45. The lowest BCUT2D eigenvalue weighted by Gasteiger charge is -2.36. The fraction of sp³-hybridized carbons (Fsp3) is 0.583. The minimum Gasteiger partial charge on any atom is -0.387 e. The number of benzene rings is 1. The number of amides is 2. The quantitative estimate of drug-likeness (QED) is 0.639. The van der Waals surface area contributed by atoms with E-state index in [0.717, 1.165) is 50.8 Å². The number of nitrogens with zero attached hydrogens (tertiary/aromatic N) is 2. The Morgan fingerprint density at radius 2 is 2.12 bits per heavy atom. The van der Waals surface area contributed by atoms with Gasteiger partial charge in [-0.3, -0.25) is 14.5 Å². The summed E-state index contributed by atoms with van der Waals surface area (Å²) in [5.41, 5.74) is 1.96. The van der Waals surface area contributed by atoms with Crippen LogP contribution in [0.25, 0.3) is 10.9 Å². The third kappa shape index (κ3) is 4.52. The molecule has 0 spiro atoms. The van der Waals surface area contributed by atoms with Gasteiger partial charge >= 0.3 is 0 Å². The van der Waals surface area contributed by atoms with Crippen LogP contribution >= 0.6 is 0 Å². The summed E-state index contributed by atoms with van der Waals surface area (Å²) in [5, 5.41) is 12.8. The number of hydrogen-bond acceptors (Lipinski definition) is 4. The second-order valence-electron chi connectivity index (χ2n) is 9.10. The molecule has 32 heavy (non-hydrogen) atoms. The number of carbonyl (C=O) groups is 2. The van der Waals surface area contributed by atoms with Gasteiger partial charge in [-0.1, -0.05) is 6.07 Å². The number of carbonyl (C=O) groups excluding carboxylic acids is 2. The molecule has 8 heteroatoms. The van der Waals surface area contributed by atoms with E-state index in [-0.39, 0.29) is 29.7 Å². The molecule has 1 saturated carbocycles. The Balaban J connectivity index is 1.37. The van der Waals surface area contributed by atoms with Crippen LogP contribution in [-0.4, -0.2) is 76.1 Å². The number of likely N-dealkylation sites (tertiary alicyclic amines) is 1. The van der Waals surface area contributed by atoms with Crippen LogP contribution in [0.2, 0.25) is 0 Å². The van der Waals surface area contributed by atoms with Gasteiger partial charge in [0.15, 0.2) is 0 Å². The lowest BCUT2D eigenvalue weighted by Crippen LogP contribution is -2.47. The highest BCUT2D eigenvalue weighted by molar-refractivity contribution is 5.99. The molecular formula is C24H33FN4O3. The van der Waals surface area contributed by atoms with E-state index in [1.54, 1.807) is 17.0 Å². The van der Waals surface area contributed by atoms with Crippen LogP contribution in [0.1, 0.15) is 55.1 Å². The average molecular weight is 445 g/mol. The van der Waals surface area contributed by atoms with Crippen molar-refractivity contribution in [3.63, 3.8) is 0 Å². The third-order valence-corrected chi connectivity index (χ3v) is 7.12. The fourth-order valence-corrected chi connectivity index (χ4v) is 5.42. The average Bonchev–Trinajstić information content (AvgIpc) is 3.46. The van der Waals surface area contributed by atoms with Crippen molar-refractivity contribution < 1.29 is 19.1 Å². The first-order chi connectivity index (χ1) is 15.4. The molecule has 3 N–H and O–H groups in total. The maximum Gasteiger partial charge on any atom is 0.267 e. The molecule has 2 amide bonds. The van der Waals surface area contributed by atoms with Crippen LogP contribution in [0.4, 0.5) is 4.39 Å². The second-order valence-corrected chi connectivity index (χ2v) is 9.10. The van der Waals surface area contributed by atoms with Gasteiger partial charge in [-0.25, -0.2) is 4.39 Å². The van der Waals surface area contributed by atoms with Crippen molar-refractivity contribution in [3.8, 4) is 0 Å². The summed E-state index contributed by atoms with van der Waals surface area (Å²) in [5.74, 6) is -0.739. The van der Waals surface area contributed by atoms with Crippen molar-refractivity contribution in [1.82, 2.24) is 20.1 Å². The first-order valence-corrected chi connectivity index (χ1v) is 11.6. The number of likely N-dealkylation sites (N-methyl/N-ethyl adjacent to an activating group) is 1. The highest BCUT2D eigenvalue weighted by atomic mass is 19.1. The minimum atomic E-state index is -0.445. The molecule has 2 heterocycles. The molecule has 2 fully saturated rings. The summed E-state index contributed by atoms with van der Waals surface area (Å²) in [6.07, 6.45) is 4.82. The van der Waals surface area contributed by atoms with Gasteiger partial charge in [0.2, 0.25) is 5.91 Å². The molecule has 7 nitrogen and oxygen atoms in total. The highest BCUT2D eigenvalue weighted by Gasteiger charge is 2.35. The smallest absolute Gasteiger partial charge is 0.267 e. The van der Waals surface area contributed by atoms with E-state index < -0.39 is 6.61 Å². The molecule has 4 rings (SSSR count). The molecule has 1 aromatic carbocycles. The zero-order valence-electron chi connectivity index (χ0n) is 18.9. The van der Waals surface area contributed by atoms with E-state index in [1.807, 2.05) is 13.8 Å². The Morgan fingerprint density at radius 3 is 2.84 bits per heavy atom. The molecule has 0 radical (unpaired) electrons. The SMILES string of the molecule is CCN(C(=O)CO)[C@@H]1CCN([C@@H]2CCC[C@@H](NC(=O)c3cc4c(F)ccc(C)c4[nH]3)C2)C1. The van der Waals surface area contributed by atoms with Crippen LogP contribution in [0.15, 0.2) is 18.2 Å². The summed E-state index contributed by atoms with van der Waals surface area (Å²) in [7, 11) is 0. The van der Waals surface area contributed by atoms with Crippen molar-refractivity contribution >= 4 is 22.7 Å². The standard InChI is InChI=1S/C24H33FN4O3/c1-3-29(22(31)14-30)18-9-10-28(13-18)17-6-4-5-16(11-17)26-24(32)21-12-19-20(25)8-7-15(2)23(19)27-21/h7-8,12,16-18,27,30H,3-6,9-11,13-14H2,1-2H3,(H,26,32)/t16-,17-,18-/m1/s1. The summed E-state index contributed by atoms with van der Waals surface area (Å²) in [4.78, 5) is 32.2. The molecule has 1 saturated heterocycles. The maximum absolute atomic E-state index is 14.1. The maximum atomic E-state index is 14.1. The third-order valence-electron chi connectivity index (χ3n) is 7.12. The monoisotopic (exact) mass is 444 g/mol.